The van der Waals surface area contributed by atoms with E-state index in [0.717, 1.165) is 46.7 Å². The van der Waals surface area contributed by atoms with Crippen molar-refractivity contribution in [3.05, 3.63) is 65.4 Å². The van der Waals surface area contributed by atoms with Crippen molar-refractivity contribution < 1.29 is 37.2 Å². The molecule has 4 aromatic heterocycles. The van der Waals surface area contributed by atoms with Gasteiger partial charge in [-0.1, -0.05) is 15.9 Å². The van der Waals surface area contributed by atoms with Crippen LogP contribution in [0.3, 0.4) is 0 Å². The Morgan fingerprint density at radius 2 is 1.18 bits per heavy atom. The fourth-order valence-electron chi connectivity index (χ4n) is 9.55. The third-order valence-electron chi connectivity index (χ3n) is 15.1. The number of hydrogen-bond acceptors (Lipinski definition) is 10. The van der Waals surface area contributed by atoms with E-state index in [9.17, 15) is 18.4 Å². The van der Waals surface area contributed by atoms with Crippen LogP contribution in [0.25, 0.3) is 32.9 Å². The van der Waals surface area contributed by atoms with E-state index in [2.05, 4.69) is 74.9 Å². The molecule has 14 nitrogen and oxygen atoms in total. The van der Waals surface area contributed by atoms with Gasteiger partial charge >= 0.3 is 7.12 Å². The Balaban J connectivity index is 0.000000132. The third kappa shape index (κ3) is 9.78. The predicted molar refractivity (Wildman–Crippen MR) is 259 cm³/mol. The van der Waals surface area contributed by atoms with Gasteiger partial charge in [0.05, 0.1) is 58.0 Å². The van der Waals surface area contributed by atoms with Crippen molar-refractivity contribution >= 4 is 61.9 Å². The molecule has 5 aliphatic rings. The molecule has 68 heavy (non-hydrogen) atoms. The van der Waals surface area contributed by atoms with E-state index in [1.54, 1.807) is 26.2 Å². The Labute approximate surface area is 404 Å². The number of Topliss-reactive ketones (excluding diaryl/α,β-unsaturated/α-hetero) is 2. The van der Waals surface area contributed by atoms with Crippen molar-refractivity contribution in [3.8, 4) is 22.6 Å². The molecule has 0 N–H and O–H groups in total. The molecule has 11 rings (SSSR count). The second-order valence-corrected chi connectivity index (χ2v) is 21.4. The Morgan fingerprint density at radius 3 is 1.66 bits per heavy atom. The molecule has 0 radical (unpaired) electrons. The summed E-state index contributed by atoms with van der Waals surface area (Å²) in [6, 6.07) is 8.34. The molecule has 0 bridgehead atoms. The van der Waals surface area contributed by atoms with Crippen molar-refractivity contribution in [2.45, 2.75) is 154 Å². The number of carbonyl (C=O) groups excluding carboxylic acids is 2. The van der Waals surface area contributed by atoms with Crippen LogP contribution >= 0.6 is 15.9 Å². The van der Waals surface area contributed by atoms with Crippen LogP contribution in [0.4, 0.5) is 8.78 Å². The summed E-state index contributed by atoms with van der Waals surface area (Å²) in [7, 11) is 2.86. The molecule has 362 valence electrons. The maximum atomic E-state index is 14.8. The van der Waals surface area contributed by atoms with Gasteiger partial charge in [-0.3, -0.25) is 19.0 Å². The molecule has 2 aromatic carbocycles. The lowest BCUT2D eigenvalue weighted by Crippen LogP contribution is -2.41. The highest BCUT2D eigenvalue weighted by Crippen LogP contribution is 2.40. The standard InChI is InChI=1S/C22H25FN4O2.C15H16BrFN2O2.C13H21BN2O2/c1-13(14-6-7-18(28)8-14)29-20-10-15(9-19-21(20)22(23)26(2)25-19)16-11-24-27(12-16)17-4-3-5-17;1-8(9-3-4-11(20)5-9)21-13-7-10(16)6-12-14(13)15(17)19(2)18-12;1-12(2)13(3,4)18-14(17-12)10-8-15-16(9-10)11-6-5-7-11/h9-14,17H,3-8H2,1-2H3;6-9H,3-5H2,1-2H3;8-9,11H,5-7H2,1-4H3/t13-,14+;8-,9+;/m11./s1. The average molecular weight is 1000 g/mol. The summed E-state index contributed by atoms with van der Waals surface area (Å²) in [5.74, 6) is 1.04. The van der Waals surface area contributed by atoms with Crippen LogP contribution in [-0.2, 0) is 33.0 Å². The molecule has 6 aromatic rings. The fourth-order valence-corrected chi connectivity index (χ4v) is 9.98. The van der Waals surface area contributed by atoms with Crippen LogP contribution in [0.2, 0.25) is 0 Å². The van der Waals surface area contributed by atoms with Crippen LogP contribution in [0.1, 0.15) is 131 Å². The summed E-state index contributed by atoms with van der Waals surface area (Å²) in [5, 5.41) is 18.2. The molecule has 0 unspecified atom stereocenters. The summed E-state index contributed by atoms with van der Waals surface area (Å²) in [6.45, 7) is 12.2. The SMILES string of the molecule is CC1(C)OB(c2cnn(C3CCC3)c2)OC1(C)C.C[C@@H](Oc1cc(-c2cnn(C3CCC3)c2)cc2nn(C)c(F)c12)[C@H]1CCC(=O)C1.C[C@@H](Oc1cc(Br)cc2nn(C)c(F)c12)[C@H]1CCC(=O)C1. The zero-order valence-electron chi connectivity index (χ0n) is 40.3. The van der Waals surface area contributed by atoms with Gasteiger partial charge in [0.15, 0.2) is 0 Å². The highest BCUT2D eigenvalue weighted by molar-refractivity contribution is 9.10. The smallest absolute Gasteiger partial charge is 0.490 e. The molecule has 4 atom stereocenters. The van der Waals surface area contributed by atoms with E-state index < -0.39 is 11.9 Å². The minimum absolute atomic E-state index is 0.131. The van der Waals surface area contributed by atoms with E-state index in [1.165, 1.54) is 35.0 Å². The molecule has 5 fully saturated rings. The maximum Gasteiger partial charge on any atom is 0.498 e. The Kier molecular flexibility index (Phi) is 13.5. The molecule has 1 saturated heterocycles. The summed E-state index contributed by atoms with van der Waals surface area (Å²) in [4.78, 5) is 23.1. The number of ether oxygens (including phenoxy) is 2. The van der Waals surface area contributed by atoms with E-state index in [0.29, 0.717) is 71.1 Å². The van der Waals surface area contributed by atoms with Gasteiger partial charge in [0, 0.05) is 85.7 Å². The van der Waals surface area contributed by atoms with E-state index >= 15 is 0 Å². The van der Waals surface area contributed by atoms with Crippen molar-refractivity contribution in [2.24, 2.45) is 25.9 Å². The van der Waals surface area contributed by atoms with Gasteiger partial charge in [-0.15, -0.1) is 0 Å². The first kappa shape index (κ1) is 48.1. The van der Waals surface area contributed by atoms with Crippen molar-refractivity contribution in [1.29, 1.82) is 0 Å². The number of halogens is 3. The minimum atomic E-state index is -0.415. The topological polar surface area (TPSA) is 142 Å². The fraction of sp³-hybridized carbons (Fsp3) is 0.560. The van der Waals surface area contributed by atoms with Crippen LogP contribution < -0.4 is 14.9 Å². The number of fused-ring (bicyclic) bond motifs is 2. The van der Waals surface area contributed by atoms with Crippen LogP contribution in [0.5, 0.6) is 11.5 Å². The van der Waals surface area contributed by atoms with E-state index in [1.807, 2.05) is 49.3 Å². The number of aromatic nitrogens is 8. The third-order valence-corrected chi connectivity index (χ3v) is 15.6. The van der Waals surface area contributed by atoms with Gasteiger partial charge in [0.2, 0.25) is 11.9 Å². The van der Waals surface area contributed by atoms with Crippen molar-refractivity contribution in [1.82, 2.24) is 39.1 Å². The summed E-state index contributed by atoms with van der Waals surface area (Å²) in [5.41, 5.74) is 3.45. The van der Waals surface area contributed by atoms with Crippen LogP contribution in [0, 0.1) is 23.7 Å². The molecule has 4 aliphatic carbocycles. The number of carbonyl (C=O) groups is 2. The number of hydrogen-bond donors (Lipinski definition) is 0. The van der Waals surface area contributed by atoms with Gasteiger partial charge in [-0.2, -0.15) is 29.2 Å². The quantitative estimate of drug-likeness (QED) is 0.122. The first-order valence-corrected chi connectivity index (χ1v) is 24.9. The van der Waals surface area contributed by atoms with Crippen molar-refractivity contribution in [3.63, 3.8) is 0 Å². The highest BCUT2D eigenvalue weighted by Gasteiger charge is 2.52. The molecule has 5 heterocycles. The first-order valence-electron chi connectivity index (χ1n) is 24.1. The van der Waals surface area contributed by atoms with E-state index in [4.69, 9.17) is 18.8 Å². The number of aryl methyl sites for hydroxylation is 2. The summed E-state index contributed by atoms with van der Waals surface area (Å²) >= 11 is 3.39. The second kappa shape index (κ2) is 19.1. The monoisotopic (exact) mass is 998 g/mol. The van der Waals surface area contributed by atoms with E-state index in [-0.39, 0.29) is 53.9 Å². The lowest BCUT2D eigenvalue weighted by atomic mass is 9.82. The van der Waals surface area contributed by atoms with Gasteiger partial charge in [-0.25, -0.2) is 9.36 Å². The lowest BCUT2D eigenvalue weighted by molar-refractivity contribution is -0.118. The molecule has 4 saturated carbocycles. The van der Waals surface area contributed by atoms with Crippen molar-refractivity contribution in [2.75, 3.05) is 0 Å². The number of rotatable bonds is 10. The number of ketones is 2. The van der Waals surface area contributed by atoms with Crippen LogP contribution in [-0.4, -0.2) is 81.2 Å². The number of benzene rings is 2. The zero-order valence-corrected chi connectivity index (χ0v) is 41.9. The normalized spacial score (nSPS) is 22.1. The maximum absolute atomic E-state index is 14.8. The molecule has 0 amide bonds. The molecule has 0 spiro atoms. The lowest BCUT2D eigenvalue weighted by Gasteiger charge is -2.32. The Morgan fingerprint density at radius 1 is 0.691 bits per heavy atom. The molecular formula is C50H62BBrF2N8O6. The minimum Gasteiger partial charge on any atom is -0.490 e. The molecule has 18 heteroatoms. The molecule has 1 aliphatic heterocycles. The van der Waals surface area contributed by atoms with Gasteiger partial charge < -0.3 is 18.8 Å². The summed E-state index contributed by atoms with van der Waals surface area (Å²) < 4.78 is 60.5. The number of nitrogens with zero attached hydrogens (tertiary/aromatic N) is 8. The van der Waals surface area contributed by atoms with Gasteiger partial charge in [-0.05, 0) is 123 Å². The van der Waals surface area contributed by atoms with Crippen LogP contribution in [0.15, 0.2) is 53.5 Å². The van der Waals surface area contributed by atoms with Gasteiger partial charge in [0.1, 0.15) is 28.6 Å². The molecular weight excluding hydrogens is 937 g/mol. The largest absolute Gasteiger partial charge is 0.498 e. The predicted octanol–water partition coefficient (Wildman–Crippen LogP) is 9.96. The average Bonchev–Trinajstić information content (AvgIpc) is 4.11. The Hall–Kier alpha value is -4.94. The summed E-state index contributed by atoms with van der Waals surface area (Å²) in [6.07, 6.45) is 18.9. The highest BCUT2D eigenvalue weighted by atomic mass is 79.9. The van der Waals surface area contributed by atoms with Gasteiger partial charge in [0.25, 0.3) is 0 Å². The first-order chi connectivity index (χ1) is 32.3. The zero-order chi connectivity index (χ0) is 48.2. The second-order valence-electron chi connectivity index (χ2n) is 20.4. The Bertz CT molecular complexity index is 2810.